The number of aliphatic hydroxyl groups is 1. The summed E-state index contributed by atoms with van der Waals surface area (Å²) in [6.45, 7) is 3.11. The van der Waals surface area contributed by atoms with Crippen molar-refractivity contribution in [1.29, 1.82) is 0 Å². The molecule has 5 nitrogen and oxygen atoms in total. The average molecular weight is 382 g/mol. The summed E-state index contributed by atoms with van der Waals surface area (Å²) in [7, 11) is 1.93. The van der Waals surface area contributed by atoms with Crippen molar-refractivity contribution in [1.82, 2.24) is 15.1 Å². The van der Waals surface area contributed by atoms with Crippen molar-refractivity contribution in [2.75, 3.05) is 20.1 Å². The lowest BCUT2D eigenvalue weighted by Crippen LogP contribution is -2.35. The van der Waals surface area contributed by atoms with Crippen LogP contribution in [0.4, 0.5) is 13.2 Å². The molecule has 2 heterocycles. The van der Waals surface area contributed by atoms with Gasteiger partial charge in [-0.15, -0.1) is 5.10 Å². The first-order chi connectivity index (χ1) is 13.0. The molecule has 1 aromatic heterocycles. The van der Waals surface area contributed by atoms with E-state index in [0.717, 1.165) is 25.1 Å². The fraction of sp³-hybridized carbons (Fsp3) is 0.474. The minimum absolute atomic E-state index is 0.0838. The summed E-state index contributed by atoms with van der Waals surface area (Å²) in [5.41, 5.74) is -0.0738. The second kappa shape index (κ2) is 7.44. The highest BCUT2D eigenvalue weighted by molar-refractivity contribution is 5.69. The van der Waals surface area contributed by atoms with Crippen LogP contribution in [-0.4, -0.2) is 45.4 Å². The Hall–Kier alpha value is -2.19. The molecule has 0 unspecified atom stereocenters. The van der Waals surface area contributed by atoms with E-state index in [1.54, 1.807) is 6.92 Å². The first-order valence-electron chi connectivity index (χ1n) is 9.16. The van der Waals surface area contributed by atoms with Crippen molar-refractivity contribution in [2.24, 2.45) is 5.92 Å². The first-order valence-corrected chi connectivity index (χ1v) is 8.66. The highest BCUT2D eigenvalue weighted by atomic mass is 19.4. The number of likely N-dealkylation sites (tertiary alicyclic amines) is 1. The molecule has 2 aromatic rings. The number of hydrogen-bond donors (Lipinski definition) is 2. The van der Waals surface area contributed by atoms with E-state index in [2.05, 4.69) is 10.2 Å². The van der Waals surface area contributed by atoms with Crippen LogP contribution in [0, 0.1) is 12.8 Å². The van der Waals surface area contributed by atoms with E-state index in [4.69, 9.17) is 1.37 Å². The summed E-state index contributed by atoms with van der Waals surface area (Å²) in [4.78, 5) is 2.04. The smallest absolute Gasteiger partial charge is 0.416 e. The van der Waals surface area contributed by atoms with Gasteiger partial charge >= 0.3 is 6.18 Å². The molecule has 8 heteroatoms. The van der Waals surface area contributed by atoms with Gasteiger partial charge in [-0.25, -0.2) is 0 Å². The third-order valence-electron chi connectivity index (χ3n) is 4.84. The summed E-state index contributed by atoms with van der Waals surface area (Å²) >= 11 is 0. The van der Waals surface area contributed by atoms with Gasteiger partial charge in [-0.1, -0.05) is 0 Å². The number of phenols is 1. The predicted molar refractivity (Wildman–Crippen MR) is 94.1 cm³/mol. The highest BCUT2D eigenvalue weighted by Crippen LogP contribution is 2.37. The third kappa shape index (κ3) is 4.22. The quantitative estimate of drug-likeness (QED) is 0.850. The van der Waals surface area contributed by atoms with E-state index in [1.807, 2.05) is 11.9 Å². The van der Waals surface area contributed by atoms with Gasteiger partial charge in [0.2, 0.25) is 0 Å². The van der Waals surface area contributed by atoms with Crippen LogP contribution in [0.2, 0.25) is 0 Å². The zero-order chi connectivity index (χ0) is 20.7. The Labute approximate surface area is 156 Å². The molecule has 0 saturated carbocycles. The minimum atomic E-state index is -4.56. The number of rotatable bonds is 3. The average Bonchev–Trinajstić information content (AvgIpc) is 2.61. The van der Waals surface area contributed by atoms with E-state index in [-0.39, 0.29) is 22.9 Å². The maximum Gasteiger partial charge on any atom is 0.416 e. The van der Waals surface area contributed by atoms with Crippen molar-refractivity contribution in [3.05, 3.63) is 41.1 Å². The lowest BCUT2D eigenvalue weighted by atomic mass is 9.90. The maximum absolute atomic E-state index is 12.8. The molecular weight excluding hydrogens is 359 g/mol. The van der Waals surface area contributed by atoms with Gasteiger partial charge in [-0.3, -0.25) is 0 Å². The van der Waals surface area contributed by atoms with Crippen LogP contribution in [0.25, 0.3) is 11.3 Å². The van der Waals surface area contributed by atoms with Gasteiger partial charge in [0.25, 0.3) is 0 Å². The van der Waals surface area contributed by atoms with Crippen LogP contribution < -0.4 is 0 Å². The van der Waals surface area contributed by atoms with Crippen LogP contribution in [0.5, 0.6) is 5.75 Å². The second-order valence-corrected chi connectivity index (χ2v) is 6.98. The standard InChI is InChI=1S/C19H22F3N3O2/c1-11-8-15(18(27)12-4-3-7-25(2)10-12)23-24-17(11)14-6-5-13(9-16(14)26)19(20,21)22/h5-6,8-9,12,18,26-27H,3-4,7,10H2,1-2H3/t12-,18+/m1/s1/i18D. The number of alkyl halides is 3. The zero-order valence-electron chi connectivity index (χ0n) is 16.1. The Morgan fingerprint density at radius 2 is 2.04 bits per heavy atom. The Morgan fingerprint density at radius 3 is 2.63 bits per heavy atom. The van der Waals surface area contributed by atoms with E-state index in [9.17, 15) is 23.4 Å². The largest absolute Gasteiger partial charge is 0.507 e. The predicted octanol–water partition coefficient (Wildman–Crippen LogP) is 3.55. The monoisotopic (exact) mass is 382 g/mol. The topological polar surface area (TPSA) is 69.5 Å². The molecule has 0 amide bonds. The molecule has 1 saturated heterocycles. The van der Waals surface area contributed by atoms with Gasteiger partial charge < -0.3 is 15.1 Å². The van der Waals surface area contributed by atoms with Crippen molar-refractivity contribution in [2.45, 2.75) is 32.0 Å². The van der Waals surface area contributed by atoms with E-state index >= 15 is 0 Å². The molecule has 0 bridgehead atoms. The summed E-state index contributed by atoms with van der Waals surface area (Å²) < 4.78 is 46.8. The zero-order valence-corrected chi connectivity index (χ0v) is 15.1. The van der Waals surface area contributed by atoms with Gasteiger partial charge in [-0.05, 0) is 63.2 Å². The lowest BCUT2D eigenvalue weighted by molar-refractivity contribution is -0.137. The first kappa shape index (κ1) is 18.2. The molecule has 0 aliphatic carbocycles. The Morgan fingerprint density at radius 1 is 1.30 bits per heavy atom. The number of benzene rings is 1. The van der Waals surface area contributed by atoms with Gasteiger partial charge in [0.15, 0.2) is 0 Å². The number of piperidine rings is 1. The fourth-order valence-electron chi connectivity index (χ4n) is 3.38. The second-order valence-electron chi connectivity index (χ2n) is 6.98. The third-order valence-corrected chi connectivity index (χ3v) is 4.84. The number of hydrogen-bond acceptors (Lipinski definition) is 5. The summed E-state index contributed by atoms with van der Waals surface area (Å²) in [6.07, 6.45) is -4.93. The molecule has 146 valence electrons. The van der Waals surface area contributed by atoms with Gasteiger partial charge in [-0.2, -0.15) is 18.3 Å². The van der Waals surface area contributed by atoms with Gasteiger partial charge in [0, 0.05) is 18.0 Å². The number of aryl methyl sites for hydroxylation is 1. The van der Waals surface area contributed by atoms with Crippen LogP contribution in [-0.2, 0) is 6.18 Å². The van der Waals surface area contributed by atoms with Crippen LogP contribution in [0.3, 0.4) is 0 Å². The molecule has 1 aliphatic rings. The molecule has 0 radical (unpaired) electrons. The van der Waals surface area contributed by atoms with E-state index < -0.39 is 23.6 Å². The number of aromatic hydroxyl groups is 1. The molecule has 0 spiro atoms. The van der Waals surface area contributed by atoms with E-state index in [1.165, 1.54) is 6.07 Å². The van der Waals surface area contributed by atoms with Crippen LogP contribution in [0.1, 0.15) is 37.1 Å². The van der Waals surface area contributed by atoms with E-state index in [0.29, 0.717) is 24.6 Å². The molecule has 1 aliphatic heterocycles. The van der Waals surface area contributed by atoms with Gasteiger partial charge in [0.1, 0.15) is 11.8 Å². The van der Waals surface area contributed by atoms with Crippen molar-refractivity contribution in [3.8, 4) is 17.0 Å². The molecule has 2 atom stereocenters. The van der Waals surface area contributed by atoms with Crippen LogP contribution >= 0.6 is 0 Å². The van der Waals surface area contributed by atoms with Gasteiger partial charge in [0.05, 0.1) is 18.3 Å². The molecule has 1 aromatic carbocycles. The number of phenolic OH excluding ortho intramolecular Hbond substituents is 1. The fourth-order valence-corrected chi connectivity index (χ4v) is 3.38. The number of aromatic nitrogens is 2. The Bertz CT molecular complexity index is 874. The summed E-state index contributed by atoms with van der Waals surface area (Å²) in [5, 5.41) is 28.8. The molecule has 2 N–H and O–H groups in total. The SMILES string of the molecule is [2H][C@@](O)(c1cc(C)c(-c2ccc(C(F)(F)F)cc2O)nn1)[C@@H]1CCCN(C)C1. The molecule has 27 heavy (non-hydrogen) atoms. The lowest BCUT2D eigenvalue weighted by Gasteiger charge is -2.32. The summed E-state index contributed by atoms with van der Waals surface area (Å²) in [6, 6.07) is 4.14. The Kier molecular flexibility index (Phi) is 5.01. The number of nitrogens with zero attached hydrogens (tertiary/aromatic N) is 3. The normalized spacial score (nSPS) is 21.6. The molecular formula is C19H22F3N3O2. The Balaban J connectivity index is 1.93. The summed E-state index contributed by atoms with van der Waals surface area (Å²) in [5.74, 6) is -0.889. The molecule has 3 rings (SSSR count). The maximum atomic E-state index is 12.8. The highest BCUT2D eigenvalue weighted by Gasteiger charge is 2.31. The van der Waals surface area contributed by atoms with Crippen molar-refractivity contribution in [3.63, 3.8) is 0 Å². The number of halogens is 3. The molecule has 1 fully saturated rings. The van der Waals surface area contributed by atoms with Crippen molar-refractivity contribution >= 4 is 0 Å². The van der Waals surface area contributed by atoms with Crippen LogP contribution in [0.15, 0.2) is 24.3 Å². The minimum Gasteiger partial charge on any atom is -0.507 e. The van der Waals surface area contributed by atoms with Crippen molar-refractivity contribution < 1.29 is 24.8 Å².